The van der Waals surface area contributed by atoms with Crippen LogP contribution in [0.5, 0.6) is 0 Å². The maximum absolute atomic E-state index is 9.88. The van der Waals surface area contributed by atoms with Gasteiger partial charge in [0.15, 0.2) is 0 Å². The van der Waals surface area contributed by atoms with Crippen LogP contribution >= 0.6 is 0 Å². The van der Waals surface area contributed by atoms with Crippen LogP contribution in [0.1, 0.15) is 50.3 Å². The molecule has 6 nitrogen and oxygen atoms in total. The minimum absolute atomic E-state index is 0.0584. The Kier molecular flexibility index (Phi) is 4.45. The van der Waals surface area contributed by atoms with Gasteiger partial charge in [-0.1, -0.05) is 0 Å². The summed E-state index contributed by atoms with van der Waals surface area (Å²) in [7, 11) is 1.72. The smallest absolute Gasteiger partial charge is 0.266 e. The van der Waals surface area contributed by atoms with E-state index in [4.69, 9.17) is 9.26 Å². The summed E-state index contributed by atoms with van der Waals surface area (Å²) >= 11 is 0. The highest BCUT2D eigenvalue weighted by atomic mass is 16.5. The zero-order chi connectivity index (χ0) is 14.7. The number of aliphatic hydroxyl groups is 1. The van der Waals surface area contributed by atoms with Crippen molar-refractivity contribution >= 4 is 5.95 Å². The van der Waals surface area contributed by atoms with Crippen LogP contribution in [0.4, 0.5) is 5.95 Å². The lowest BCUT2D eigenvalue weighted by atomic mass is 9.77. The van der Waals surface area contributed by atoms with E-state index in [0.717, 1.165) is 51.3 Å². The maximum atomic E-state index is 9.88. The molecule has 2 fully saturated rings. The van der Waals surface area contributed by atoms with E-state index in [1.54, 1.807) is 7.11 Å². The summed E-state index contributed by atoms with van der Waals surface area (Å²) in [5.41, 5.74) is -0.0584. The molecule has 1 saturated heterocycles. The van der Waals surface area contributed by atoms with Crippen LogP contribution in [-0.4, -0.2) is 48.7 Å². The van der Waals surface area contributed by atoms with E-state index in [1.807, 2.05) is 0 Å². The van der Waals surface area contributed by atoms with E-state index >= 15 is 0 Å². The van der Waals surface area contributed by atoms with E-state index in [-0.39, 0.29) is 12.0 Å². The Hall–Kier alpha value is -1.14. The highest BCUT2D eigenvalue weighted by Crippen LogP contribution is 2.40. The van der Waals surface area contributed by atoms with Crippen LogP contribution in [0.3, 0.4) is 0 Å². The Balaban J connectivity index is 1.65. The number of methoxy groups -OCH3 is 1. The molecule has 1 unspecified atom stereocenters. The number of piperidine rings is 1. The number of anilines is 1. The van der Waals surface area contributed by atoms with Crippen LogP contribution in [0.15, 0.2) is 4.52 Å². The lowest BCUT2D eigenvalue weighted by molar-refractivity contribution is 0.0817. The monoisotopic (exact) mass is 295 g/mol. The third kappa shape index (κ3) is 3.37. The molecule has 1 saturated carbocycles. The van der Waals surface area contributed by atoms with Crippen molar-refractivity contribution in [3.8, 4) is 0 Å². The van der Waals surface area contributed by atoms with Crippen molar-refractivity contribution in [3.05, 3.63) is 5.89 Å². The average molecular weight is 295 g/mol. The first-order valence-electron chi connectivity index (χ1n) is 7.95. The quantitative estimate of drug-likeness (QED) is 0.775. The lowest BCUT2D eigenvalue weighted by Crippen LogP contribution is -2.46. The van der Waals surface area contributed by atoms with Gasteiger partial charge in [-0.25, -0.2) is 0 Å². The summed E-state index contributed by atoms with van der Waals surface area (Å²) < 4.78 is 10.5. The van der Waals surface area contributed by atoms with E-state index < -0.39 is 0 Å². The molecule has 1 aromatic rings. The molecule has 1 N–H and O–H groups in total. The van der Waals surface area contributed by atoms with Crippen molar-refractivity contribution in [2.45, 2.75) is 44.4 Å². The van der Waals surface area contributed by atoms with Gasteiger partial charge in [0.05, 0.1) is 6.61 Å². The third-order valence-electron chi connectivity index (χ3n) is 4.69. The van der Waals surface area contributed by atoms with Crippen molar-refractivity contribution in [3.63, 3.8) is 0 Å². The third-order valence-corrected chi connectivity index (χ3v) is 4.69. The fraction of sp³-hybridized carbons (Fsp3) is 0.867. The highest BCUT2D eigenvalue weighted by Gasteiger charge is 2.37. The molecule has 1 aliphatic carbocycles. The van der Waals surface area contributed by atoms with E-state index in [9.17, 15) is 5.11 Å². The van der Waals surface area contributed by atoms with Gasteiger partial charge in [0, 0.05) is 38.1 Å². The van der Waals surface area contributed by atoms with Gasteiger partial charge in [0.25, 0.3) is 5.95 Å². The molecule has 2 aliphatic rings. The molecule has 0 radical (unpaired) electrons. The molecule has 0 spiro atoms. The van der Waals surface area contributed by atoms with Crippen molar-refractivity contribution in [2.24, 2.45) is 5.41 Å². The first-order valence-corrected chi connectivity index (χ1v) is 7.95. The largest absolute Gasteiger partial charge is 0.396 e. The molecule has 1 aliphatic heterocycles. The molecular formula is C15H25N3O3. The number of ether oxygens (including phenoxy) is 1. The molecule has 0 bridgehead atoms. The number of hydrogen-bond donors (Lipinski definition) is 1. The zero-order valence-corrected chi connectivity index (χ0v) is 12.8. The number of nitrogens with zero attached hydrogens (tertiary/aromatic N) is 3. The molecule has 118 valence electrons. The van der Waals surface area contributed by atoms with Gasteiger partial charge in [-0.05, 0) is 43.7 Å². The Morgan fingerprint density at radius 1 is 1.48 bits per heavy atom. The fourth-order valence-electron chi connectivity index (χ4n) is 3.23. The fourth-order valence-corrected chi connectivity index (χ4v) is 3.23. The van der Waals surface area contributed by atoms with Gasteiger partial charge in [-0.3, -0.25) is 0 Å². The summed E-state index contributed by atoms with van der Waals surface area (Å²) in [6.45, 7) is 2.70. The summed E-state index contributed by atoms with van der Waals surface area (Å²) in [6.07, 6.45) is 6.39. The van der Waals surface area contributed by atoms with Gasteiger partial charge in [-0.2, -0.15) is 4.98 Å². The molecule has 1 atom stereocenters. The number of hydrogen-bond acceptors (Lipinski definition) is 6. The summed E-state index contributed by atoms with van der Waals surface area (Å²) in [5.74, 6) is 1.96. The Morgan fingerprint density at radius 2 is 2.33 bits per heavy atom. The zero-order valence-electron chi connectivity index (χ0n) is 12.8. The molecule has 0 aromatic carbocycles. The first kappa shape index (κ1) is 14.8. The van der Waals surface area contributed by atoms with Gasteiger partial charge in [0.1, 0.15) is 0 Å². The highest BCUT2D eigenvalue weighted by molar-refractivity contribution is 5.30. The Morgan fingerprint density at radius 3 is 3.05 bits per heavy atom. The van der Waals surface area contributed by atoms with Crippen molar-refractivity contribution < 1.29 is 14.4 Å². The van der Waals surface area contributed by atoms with Crippen LogP contribution in [-0.2, 0) is 4.74 Å². The van der Waals surface area contributed by atoms with E-state index in [2.05, 4.69) is 15.0 Å². The number of aliphatic hydroxyl groups excluding tert-OH is 1. The van der Waals surface area contributed by atoms with Crippen LogP contribution in [0.2, 0.25) is 0 Å². The summed E-state index contributed by atoms with van der Waals surface area (Å²) in [5, 5.41) is 14.0. The molecule has 21 heavy (non-hydrogen) atoms. The number of aromatic nitrogens is 2. The van der Waals surface area contributed by atoms with Crippen molar-refractivity contribution in [2.75, 3.05) is 38.3 Å². The summed E-state index contributed by atoms with van der Waals surface area (Å²) in [6, 6.07) is 0. The van der Waals surface area contributed by atoms with Gasteiger partial charge in [0.2, 0.25) is 5.89 Å². The topological polar surface area (TPSA) is 71.6 Å². The first-order chi connectivity index (χ1) is 10.3. The minimum Gasteiger partial charge on any atom is -0.396 e. The van der Waals surface area contributed by atoms with Crippen LogP contribution in [0.25, 0.3) is 0 Å². The van der Waals surface area contributed by atoms with Gasteiger partial charge >= 0.3 is 0 Å². The number of rotatable bonds is 7. The van der Waals surface area contributed by atoms with Crippen LogP contribution in [0, 0.1) is 5.41 Å². The van der Waals surface area contributed by atoms with E-state index in [0.29, 0.717) is 11.9 Å². The normalized spacial score (nSPS) is 26.3. The lowest BCUT2D eigenvalue weighted by Gasteiger charge is -2.41. The van der Waals surface area contributed by atoms with Gasteiger partial charge in [-0.15, -0.1) is 0 Å². The second-order valence-electron chi connectivity index (χ2n) is 6.49. The van der Waals surface area contributed by atoms with E-state index in [1.165, 1.54) is 12.8 Å². The minimum atomic E-state index is -0.0584. The molecule has 6 heteroatoms. The molecule has 0 amide bonds. The Bertz CT molecular complexity index is 461. The Labute approximate surface area is 125 Å². The SMILES string of the molecule is COCCCC1(CO)CCCN(c2noc(C3CC3)n2)C1. The average Bonchev–Trinajstić information content (AvgIpc) is 3.25. The molecule has 2 heterocycles. The van der Waals surface area contributed by atoms with Crippen molar-refractivity contribution in [1.29, 1.82) is 0 Å². The van der Waals surface area contributed by atoms with Crippen molar-refractivity contribution in [1.82, 2.24) is 10.1 Å². The molecule has 3 rings (SSSR count). The summed E-state index contributed by atoms with van der Waals surface area (Å²) in [4.78, 5) is 6.70. The predicted molar refractivity (Wildman–Crippen MR) is 78.3 cm³/mol. The van der Waals surface area contributed by atoms with Gasteiger partial charge < -0.3 is 19.3 Å². The second-order valence-corrected chi connectivity index (χ2v) is 6.49. The second kappa shape index (κ2) is 6.32. The predicted octanol–water partition coefficient (Wildman–Crippen LogP) is 1.95. The molecule has 1 aromatic heterocycles. The standard InChI is InChI=1S/C15H25N3O3/c1-20-9-3-7-15(11-19)6-2-8-18(10-15)14-16-13(21-17-14)12-4-5-12/h12,19H,2-11H2,1H3. The maximum Gasteiger partial charge on any atom is 0.266 e. The molecular weight excluding hydrogens is 270 g/mol. The van der Waals surface area contributed by atoms with Crippen LogP contribution < -0.4 is 4.90 Å².